The zero-order valence-corrected chi connectivity index (χ0v) is 11.4. The number of allylic oxidation sites excluding steroid dienone is 1. The predicted octanol–water partition coefficient (Wildman–Crippen LogP) is 4.89. The van der Waals surface area contributed by atoms with Crippen LogP contribution in [0.15, 0.2) is 54.7 Å². The van der Waals surface area contributed by atoms with Gasteiger partial charge in [-0.15, -0.1) is 0 Å². The highest BCUT2D eigenvalue weighted by molar-refractivity contribution is 6.32. The number of benzene rings is 2. The molecule has 0 bridgehead atoms. The van der Waals surface area contributed by atoms with Gasteiger partial charge in [0.25, 0.3) is 0 Å². The molecule has 96 valence electrons. The van der Waals surface area contributed by atoms with Crippen LogP contribution >= 0.6 is 11.6 Å². The number of fused-ring (bicyclic) bond motifs is 1. The average Bonchev–Trinajstić information content (AvgIpc) is 2.90. The number of nitrogens with zero attached hydrogens (tertiary/aromatic N) is 1. The number of rotatable bonds is 2. The van der Waals surface area contributed by atoms with Gasteiger partial charge in [-0.25, -0.2) is 0 Å². The first-order valence-corrected chi connectivity index (χ1v) is 6.60. The molecular weight excluding hydrogens is 268 g/mol. The summed E-state index contributed by atoms with van der Waals surface area (Å²) in [6.45, 7) is 0. The Bertz CT molecular complexity index is 837. The zero-order valence-electron chi connectivity index (χ0n) is 10.6. The highest BCUT2D eigenvalue weighted by Gasteiger charge is 2.08. The van der Waals surface area contributed by atoms with Gasteiger partial charge in [-0.2, -0.15) is 5.26 Å². The molecule has 0 aliphatic carbocycles. The maximum atomic E-state index is 9.43. The summed E-state index contributed by atoms with van der Waals surface area (Å²) in [5, 5.41) is 11.1. The Balaban J connectivity index is 2.16. The number of aromatic nitrogens is 1. The summed E-state index contributed by atoms with van der Waals surface area (Å²) in [6.07, 6.45) is 3.68. The second kappa shape index (κ2) is 5.24. The Morgan fingerprint density at radius 3 is 2.65 bits per heavy atom. The van der Waals surface area contributed by atoms with Crippen LogP contribution in [0.5, 0.6) is 0 Å². The van der Waals surface area contributed by atoms with Crippen LogP contribution in [0.3, 0.4) is 0 Å². The van der Waals surface area contributed by atoms with Crippen LogP contribution in [0.25, 0.3) is 22.6 Å². The maximum absolute atomic E-state index is 9.43. The van der Waals surface area contributed by atoms with E-state index in [2.05, 4.69) is 11.1 Å². The molecule has 0 aliphatic rings. The number of hydrogen-bond acceptors (Lipinski definition) is 1. The van der Waals surface area contributed by atoms with Crippen molar-refractivity contribution in [1.29, 1.82) is 5.26 Å². The first-order chi connectivity index (χ1) is 9.79. The summed E-state index contributed by atoms with van der Waals surface area (Å²) >= 11 is 6.14. The molecule has 0 atom stereocenters. The molecule has 2 aromatic carbocycles. The molecule has 3 rings (SSSR count). The van der Waals surface area contributed by atoms with Gasteiger partial charge in [-0.05, 0) is 23.8 Å². The monoisotopic (exact) mass is 278 g/mol. The molecule has 0 unspecified atom stereocenters. The summed E-state index contributed by atoms with van der Waals surface area (Å²) in [5.41, 5.74) is 3.34. The quantitative estimate of drug-likeness (QED) is 0.666. The summed E-state index contributed by atoms with van der Waals surface area (Å²) in [5.74, 6) is 0. The van der Waals surface area contributed by atoms with Crippen LogP contribution < -0.4 is 0 Å². The molecule has 3 heteroatoms. The molecule has 0 saturated heterocycles. The Morgan fingerprint density at radius 2 is 1.85 bits per heavy atom. The predicted molar refractivity (Wildman–Crippen MR) is 83.2 cm³/mol. The number of halogens is 1. The number of nitrogens with one attached hydrogen (secondary N) is 1. The SMILES string of the molecule is N#C/C(=C/c1ccccc1Cl)c1c[nH]c2ccccc12. The fraction of sp³-hybridized carbons (Fsp3) is 0. The Kier molecular flexibility index (Phi) is 3.28. The van der Waals surface area contributed by atoms with Crippen molar-refractivity contribution in [2.24, 2.45) is 0 Å². The van der Waals surface area contributed by atoms with Crippen molar-refractivity contribution in [2.45, 2.75) is 0 Å². The van der Waals surface area contributed by atoms with E-state index in [-0.39, 0.29) is 0 Å². The third-order valence-electron chi connectivity index (χ3n) is 3.20. The minimum Gasteiger partial charge on any atom is -0.361 e. The molecule has 1 N–H and O–H groups in total. The van der Waals surface area contributed by atoms with Crippen molar-refractivity contribution in [1.82, 2.24) is 4.98 Å². The van der Waals surface area contributed by atoms with Gasteiger partial charge in [-0.3, -0.25) is 0 Å². The summed E-state index contributed by atoms with van der Waals surface area (Å²) < 4.78 is 0. The van der Waals surface area contributed by atoms with Crippen LogP contribution in [0, 0.1) is 11.3 Å². The number of para-hydroxylation sites is 1. The average molecular weight is 279 g/mol. The van der Waals surface area contributed by atoms with E-state index in [9.17, 15) is 5.26 Å². The van der Waals surface area contributed by atoms with Gasteiger partial charge in [0.1, 0.15) is 0 Å². The van der Waals surface area contributed by atoms with Gasteiger partial charge in [0.15, 0.2) is 0 Å². The highest BCUT2D eigenvalue weighted by atomic mass is 35.5. The van der Waals surface area contributed by atoms with Crippen LogP contribution in [-0.2, 0) is 0 Å². The molecule has 0 fully saturated rings. The van der Waals surface area contributed by atoms with Crippen molar-refractivity contribution < 1.29 is 0 Å². The van der Waals surface area contributed by atoms with Crippen molar-refractivity contribution in [2.75, 3.05) is 0 Å². The molecule has 0 spiro atoms. The Morgan fingerprint density at radius 1 is 1.10 bits per heavy atom. The third-order valence-corrected chi connectivity index (χ3v) is 3.55. The van der Waals surface area contributed by atoms with Gasteiger partial charge >= 0.3 is 0 Å². The molecule has 0 radical (unpaired) electrons. The van der Waals surface area contributed by atoms with Crippen LogP contribution in [-0.4, -0.2) is 4.98 Å². The van der Waals surface area contributed by atoms with E-state index < -0.39 is 0 Å². The maximum Gasteiger partial charge on any atom is 0.0998 e. The largest absolute Gasteiger partial charge is 0.361 e. The molecule has 0 amide bonds. The van der Waals surface area contributed by atoms with E-state index in [0.29, 0.717) is 10.6 Å². The van der Waals surface area contributed by atoms with Gasteiger partial charge in [0.05, 0.1) is 11.6 Å². The van der Waals surface area contributed by atoms with E-state index in [1.54, 1.807) is 0 Å². The summed E-state index contributed by atoms with van der Waals surface area (Å²) in [6, 6.07) is 17.7. The lowest BCUT2D eigenvalue weighted by molar-refractivity contribution is 1.46. The second-order valence-corrected chi connectivity index (χ2v) is 4.85. The van der Waals surface area contributed by atoms with Crippen molar-refractivity contribution in [3.8, 4) is 6.07 Å². The van der Waals surface area contributed by atoms with Crippen LogP contribution in [0.4, 0.5) is 0 Å². The Hall–Kier alpha value is -2.50. The molecule has 0 saturated carbocycles. The molecule has 3 aromatic rings. The molecule has 1 aromatic heterocycles. The highest BCUT2D eigenvalue weighted by Crippen LogP contribution is 2.27. The topological polar surface area (TPSA) is 39.6 Å². The standard InChI is InChI=1S/C17H11ClN2/c18-16-7-3-1-5-12(16)9-13(10-19)15-11-20-17-8-4-2-6-14(15)17/h1-9,11,20H/b13-9-. The van der Waals surface area contributed by atoms with Gasteiger partial charge in [-0.1, -0.05) is 48.0 Å². The van der Waals surface area contributed by atoms with Crippen LogP contribution in [0.1, 0.15) is 11.1 Å². The lowest BCUT2D eigenvalue weighted by Crippen LogP contribution is -1.81. The third kappa shape index (κ3) is 2.20. The van der Waals surface area contributed by atoms with E-state index in [1.807, 2.05) is 60.8 Å². The minimum atomic E-state index is 0.593. The van der Waals surface area contributed by atoms with Gasteiger partial charge in [0, 0.05) is 27.7 Å². The molecule has 2 nitrogen and oxygen atoms in total. The van der Waals surface area contributed by atoms with E-state index in [0.717, 1.165) is 22.0 Å². The fourth-order valence-electron chi connectivity index (χ4n) is 2.21. The van der Waals surface area contributed by atoms with Crippen molar-refractivity contribution in [3.05, 3.63) is 70.9 Å². The van der Waals surface area contributed by atoms with Crippen molar-refractivity contribution in [3.63, 3.8) is 0 Å². The van der Waals surface area contributed by atoms with Crippen molar-refractivity contribution >= 4 is 34.2 Å². The molecule has 1 heterocycles. The normalized spacial score (nSPS) is 11.5. The lowest BCUT2D eigenvalue weighted by atomic mass is 10.0. The minimum absolute atomic E-state index is 0.593. The number of hydrogen-bond donors (Lipinski definition) is 1. The van der Waals surface area contributed by atoms with Gasteiger partial charge < -0.3 is 4.98 Å². The number of nitriles is 1. The number of aromatic amines is 1. The molecular formula is C17H11ClN2. The van der Waals surface area contributed by atoms with E-state index >= 15 is 0 Å². The van der Waals surface area contributed by atoms with Crippen LogP contribution in [0.2, 0.25) is 5.02 Å². The zero-order chi connectivity index (χ0) is 13.9. The smallest absolute Gasteiger partial charge is 0.0998 e. The van der Waals surface area contributed by atoms with E-state index in [1.165, 1.54) is 0 Å². The molecule has 20 heavy (non-hydrogen) atoms. The summed E-state index contributed by atoms with van der Waals surface area (Å²) in [7, 11) is 0. The lowest BCUT2D eigenvalue weighted by Gasteiger charge is -2.00. The second-order valence-electron chi connectivity index (χ2n) is 4.44. The fourth-order valence-corrected chi connectivity index (χ4v) is 2.40. The molecule has 0 aliphatic heterocycles. The Labute approximate surface area is 121 Å². The number of H-pyrrole nitrogens is 1. The first-order valence-electron chi connectivity index (χ1n) is 6.22. The first kappa shape index (κ1) is 12.5. The summed E-state index contributed by atoms with van der Waals surface area (Å²) in [4.78, 5) is 3.18. The van der Waals surface area contributed by atoms with E-state index in [4.69, 9.17) is 11.6 Å². The van der Waals surface area contributed by atoms with Gasteiger partial charge in [0.2, 0.25) is 0 Å².